The Morgan fingerprint density at radius 2 is 1.70 bits per heavy atom. The SMILES string of the molecule is CSC(C)(C)C#Cc1ccc(-c2ccc(Cl)c3c(NS(C)=O)nn(CC(F)(F)F)c23)c(C(Cc2cc(F)cc(F)c2)NC(=O)Cn2nc(C(C)(F)F)c3c2C(C)(F)CC3)n1. The van der Waals surface area contributed by atoms with Crippen LogP contribution in [0.5, 0.6) is 0 Å². The lowest BCUT2D eigenvalue weighted by atomic mass is 9.93. The van der Waals surface area contributed by atoms with Gasteiger partial charge in [-0.05, 0) is 88.1 Å². The average Bonchev–Trinajstić information content (AvgIpc) is 3.77. The van der Waals surface area contributed by atoms with Crippen LogP contribution in [-0.2, 0) is 53.3 Å². The second kappa shape index (κ2) is 16.7. The highest BCUT2D eigenvalue weighted by Gasteiger charge is 2.45. The van der Waals surface area contributed by atoms with Gasteiger partial charge in [0.05, 0.1) is 38.1 Å². The highest BCUT2D eigenvalue weighted by molar-refractivity contribution is 8.00. The van der Waals surface area contributed by atoms with Crippen LogP contribution in [0.2, 0.25) is 5.02 Å². The normalized spacial score (nSPS) is 16.6. The van der Waals surface area contributed by atoms with Crippen molar-refractivity contribution in [2.24, 2.45) is 0 Å². The number of anilines is 1. The molecule has 0 radical (unpaired) electrons. The zero-order valence-electron chi connectivity index (χ0n) is 32.9. The van der Waals surface area contributed by atoms with E-state index in [9.17, 15) is 39.7 Å². The minimum Gasteiger partial charge on any atom is -0.346 e. The molecular weight excluding hydrogens is 862 g/mol. The van der Waals surface area contributed by atoms with Crippen molar-refractivity contribution in [1.82, 2.24) is 29.9 Å². The quantitative estimate of drug-likeness (QED) is 0.0956. The smallest absolute Gasteiger partial charge is 0.346 e. The van der Waals surface area contributed by atoms with E-state index in [1.807, 2.05) is 20.1 Å². The second-order valence-electron chi connectivity index (χ2n) is 15.1. The van der Waals surface area contributed by atoms with Gasteiger partial charge in [-0.15, -0.1) is 11.8 Å². The zero-order chi connectivity index (χ0) is 44.1. The van der Waals surface area contributed by atoms with E-state index in [1.165, 1.54) is 49.2 Å². The predicted molar refractivity (Wildman–Crippen MR) is 216 cm³/mol. The molecule has 0 aliphatic heterocycles. The molecule has 0 saturated carbocycles. The van der Waals surface area contributed by atoms with Gasteiger partial charge in [0.15, 0.2) is 5.82 Å². The zero-order valence-corrected chi connectivity index (χ0v) is 35.3. The molecule has 3 unspecified atom stereocenters. The van der Waals surface area contributed by atoms with Crippen molar-refractivity contribution in [3.05, 3.63) is 93.0 Å². The minimum absolute atomic E-state index is 0.0153. The molecule has 0 spiro atoms. The van der Waals surface area contributed by atoms with E-state index in [0.29, 0.717) is 17.7 Å². The molecule has 5 aromatic rings. The molecule has 20 heteroatoms. The number of alkyl halides is 6. The van der Waals surface area contributed by atoms with Crippen LogP contribution in [0.15, 0.2) is 42.5 Å². The van der Waals surface area contributed by atoms with Crippen LogP contribution >= 0.6 is 23.4 Å². The van der Waals surface area contributed by atoms with Crippen LogP contribution in [0.1, 0.15) is 74.1 Å². The van der Waals surface area contributed by atoms with Crippen molar-refractivity contribution in [3.8, 4) is 23.0 Å². The van der Waals surface area contributed by atoms with Gasteiger partial charge in [-0.25, -0.2) is 22.4 Å². The third-order valence-corrected chi connectivity index (χ3v) is 11.7. The maximum absolute atomic E-state index is 15.8. The largest absolute Gasteiger partial charge is 0.408 e. The number of aromatic nitrogens is 5. The van der Waals surface area contributed by atoms with Gasteiger partial charge in [0.25, 0.3) is 5.92 Å². The number of nitrogens with one attached hydrogen (secondary N) is 2. The number of hydrogen-bond donors (Lipinski definition) is 2. The number of rotatable bonds is 12. The molecule has 9 nitrogen and oxygen atoms in total. The standard InChI is InChI=1S/C40H38ClF8N7O2S2/c1-37(2,59-5)13-11-24-7-8-25(26-9-10-28(41)31-33(26)56(20-40(47,48)49)53-36(31)54-60(6)58)32(50-24)29(17-21-15-22(42)18-23(43)16-21)51-30(57)19-55-35-27(12-14-38(35,3)44)34(52-55)39(4,45)46/h7-10,15-16,18,29H,12,14,17,19-20H2,1-6H3,(H,51,57)(H,53,54). The van der Waals surface area contributed by atoms with Gasteiger partial charge >= 0.3 is 6.18 Å². The first-order valence-corrected chi connectivity index (χ1v) is 21.4. The second-order valence-corrected chi connectivity index (χ2v) is 18.1. The van der Waals surface area contributed by atoms with Crippen molar-refractivity contribution < 1.29 is 44.1 Å². The fourth-order valence-electron chi connectivity index (χ4n) is 7.11. The Bertz CT molecular complexity index is 2550. The molecule has 0 fully saturated rings. The molecule has 0 bridgehead atoms. The van der Waals surface area contributed by atoms with Gasteiger partial charge < -0.3 is 5.32 Å². The van der Waals surface area contributed by atoms with Crippen LogP contribution in [0.25, 0.3) is 22.0 Å². The van der Waals surface area contributed by atoms with Crippen LogP contribution in [0.4, 0.5) is 40.9 Å². The van der Waals surface area contributed by atoms with Gasteiger partial charge in [0, 0.05) is 35.9 Å². The summed E-state index contributed by atoms with van der Waals surface area (Å²) in [4.78, 5) is 18.9. The Morgan fingerprint density at radius 1 is 1.03 bits per heavy atom. The topological polar surface area (TPSA) is 107 Å². The van der Waals surface area contributed by atoms with Gasteiger partial charge in [-0.2, -0.15) is 32.1 Å². The van der Waals surface area contributed by atoms with Crippen LogP contribution < -0.4 is 10.0 Å². The summed E-state index contributed by atoms with van der Waals surface area (Å²) < 4.78 is 132. The van der Waals surface area contributed by atoms with E-state index in [-0.39, 0.29) is 80.3 Å². The minimum atomic E-state index is -4.80. The number of amides is 1. The Hall–Kier alpha value is -4.67. The number of benzene rings is 2. The predicted octanol–water partition coefficient (Wildman–Crippen LogP) is 9.33. The highest BCUT2D eigenvalue weighted by atomic mass is 35.5. The summed E-state index contributed by atoms with van der Waals surface area (Å²) in [6.45, 7) is 3.16. The van der Waals surface area contributed by atoms with Crippen LogP contribution in [0.3, 0.4) is 0 Å². The summed E-state index contributed by atoms with van der Waals surface area (Å²) in [5.74, 6) is -0.417. The number of nitrogens with zero attached hydrogens (tertiary/aromatic N) is 5. The van der Waals surface area contributed by atoms with E-state index in [4.69, 9.17) is 16.6 Å². The summed E-state index contributed by atoms with van der Waals surface area (Å²) in [6.07, 6.45) is -2.25. The first-order chi connectivity index (χ1) is 27.9. The van der Waals surface area contributed by atoms with E-state index in [1.54, 1.807) is 0 Å². The maximum Gasteiger partial charge on any atom is 0.408 e. The van der Waals surface area contributed by atoms with Crippen molar-refractivity contribution in [3.63, 3.8) is 0 Å². The number of carbonyl (C=O) groups excluding carboxylic acids is 1. The number of fused-ring (bicyclic) bond motifs is 2. The van der Waals surface area contributed by atoms with Crippen molar-refractivity contribution >= 4 is 57.0 Å². The van der Waals surface area contributed by atoms with Gasteiger partial charge in [0.2, 0.25) is 5.91 Å². The lowest BCUT2D eigenvalue weighted by Gasteiger charge is -2.23. The van der Waals surface area contributed by atoms with E-state index in [0.717, 1.165) is 16.8 Å². The van der Waals surface area contributed by atoms with E-state index >= 15 is 4.39 Å². The lowest BCUT2D eigenvalue weighted by Crippen LogP contribution is -2.35. The fraction of sp³-hybridized carbons (Fsp3) is 0.400. The molecule has 60 heavy (non-hydrogen) atoms. The molecule has 1 aliphatic carbocycles. The Kier molecular flexibility index (Phi) is 12.5. The third kappa shape index (κ3) is 9.92. The number of thioether (sulfide) groups is 1. The number of carbonyl (C=O) groups is 1. The van der Waals surface area contributed by atoms with Crippen molar-refractivity contribution in [1.29, 1.82) is 0 Å². The molecule has 2 N–H and O–H groups in total. The third-order valence-electron chi connectivity index (χ3n) is 9.75. The summed E-state index contributed by atoms with van der Waals surface area (Å²) >= 11 is 8.01. The van der Waals surface area contributed by atoms with Crippen LogP contribution in [-0.4, -0.2) is 58.1 Å². The first-order valence-electron chi connectivity index (χ1n) is 18.2. The Morgan fingerprint density at radius 3 is 2.32 bits per heavy atom. The number of hydrogen-bond acceptors (Lipinski definition) is 6. The summed E-state index contributed by atoms with van der Waals surface area (Å²) in [7, 11) is -1.80. The number of halogens is 9. The van der Waals surface area contributed by atoms with Crippen molar-refractivity contribution in [2.45, 2.75) is 88.6 Å². The summed E-state index contributed by atoms with van der Waals surface area (Å²) in [5.41, 5.74) is -2.86. The molecule has 1 aliphatic rings. The first kappa shape index (κ1) is 44.9. The molecule has 3 heterocycles. The Labute approximate surface area is 351 Å². The molecule has 3 atom stereocenters. The molecular formula is C40H38ClF8N7O2S2. The molecule has 1 amide bonds. The maximum atomic E-state index is 15.8. The number of pyridine rings is 1. The van der Waals surface area contributed by atoms with Gasteiger partial charge in [0.1, 0.15) is 52.8 Å². The fourth-order valence-corrected chi connectivity index (χ4v) is 7.92. The molecule has 320 valence electrons. The molecule has 6 rings (SSSR count). The van der Waals surface area contributed by atoms with Crippen LogP contribution in [0, 0.1) is 23.5 Å². The van der Waals surface area contributed by atoms with E-state index in [2.05, 4.69) is 32.1 Å². The van der Waals surface area contributed by atoms with Gasteiger partial charge in [-0.3, -0.25) is 18.9 Å². The Balaban J connectivity index is 1.58. The molecule has 3 aromatic heterocycles. The lowest BCUT2D eigenvalue weighted by molar-refractivity contribution is -0.141. The summed E-state index contributed by atoms with van der Waals surface area (Å²) in [6, 6.07) is 7.07. The van der Waals surface area contributed by atoms with E-state index < -0.39 is 75.9 Å². The monoisotopic (exact) mass is 899 g/mol. The van der Waals surface area contributed by atoms with Crippen molar-refractivity contribution in [2.75, 3.05) is 17.2 Å². The average molecular weight is 900 g/mol. The molecule has 0 saturated heterocycles. The highest BCUT2D eigenvalue weighted by Crippen LogP contribution is 2.45. The van der Waals surface area contributed by atoms with Gasteiger partial charge in [-0.1, -0.05) is 23.6 Å². The molecule has 2 aromatic carbocycles. The summed E-state index contributed by atoms with van der Waals surface area (Å²) in [5, 5.41) is 10.7.